The van der Waals surface area contributed by atoms with Crippen molar-refractivity contribution >= 4 is 5.69 Å². The number of anilines is 1. The van der Waals surface area contributed by atoms with Crippen molar-refractivity contribution in [2.45, 2.75) is 18.8 Å². The van der Waals surface area contributed by atoms with E-state index in [2.05, 4.69) is 17.1 Å². The fraction of sp³-hybridized carbons (Fsp3) is 0.214. The van der Waals surface area contributed by atoms with E-state index in [-0.39, 0.29) is 0 Å². The lowest BCUT2D eigenvalue weighted by Crippen LogP contribution is -1.98. The third-order valence-electron chi connectivity index (χ3n) is 3.07. The SMILES string of the molecule is Nc1c(-c2ccccc2)ccnc1C1CC1. The van der Waals surface area contributed by atoms with Gasteiger partial charge in [0.1, 0.15) is 0 Å². The molecule has 1 saturated carbocycles. The minimum atomic E-state index is 0.601. The third kappa shape index (κ3) is 1.56. The van der Waals surface area contributed by atoms with Crippen molar-refractivity contribution in [3.63, 3.8) is 0 Å². The van der Waals surface area contributed by atoms with Gasteiger partial charge in [-0.1, -0.05) is 30.3 Å². The summed E-state index contributed by atoms with van der Waals surface area (Å²) in [7, 11) is 0. The van der Waals surface area contributed by atoms with E-state index in [4.69, 9.17) is 5.73 Å². The number of nitrogens with two attached hydrogens (primary N) is 1. The van der Waals surface area contributed by atoms with Gasteiger partial charge in [-0.3, -0.25) is 4.98 Å². The Morgan fingerprint density at radius 2 is 1.81 bits per heavy atom. The molecule has 0 radical (unpaired) electrons. The monoisotopic (exact) mass is 210 g/mol. The molecule has 1 aromatic heterocycles. The van der Waals surface area contributed by atoms with Crippen LogP contribution in [0.15, 0.2) is 42.6 Å². The van der Waals surface area contributed by atoms with Gasteiger partial charge >= 0.3 is 0 Å². The molecule has 1 aliphatic rings. The van der Waals surface area contributed by atoms with Crippen LogP contribution in [0.25, 0.3) is 11.1 Å². The minimum Gasteiger partial charge on any atom is -0.397 e. The van der Waals surface area contributed by atoms with Gasteiger partial charge in [-0.15, -0.1) is 0 Å². The summed E-state index contributed by atoms with van der Waals surface area (Å²) in [5.74, 6) is 0.601. The van der Waals surface area contributed by atoms with Gasteiger partial charge in [0, 0.05) is 17.7 Å². The lowest BCUT2D eigenvalue weighted by Gasteiger charge is -2.09. The number of hydrogen-bond acceptors (Lipinski definition) is 2. The molecule has 1 aromatic carbocycles. The molecule has 2 aromatic rings. The fourth-order valence-corrected chi connectivity index (χ4v) is 2.04. The first-order valence-electron chi connectivity index (χ1n) is 5.66. The van der Waals surface area contributed by atoms with Crippen molar-refractivity contribution in [1.82, 2.24) is 4.98 Å². The molecule has 0 saturated heterocycles. The summed E-state index contributed by atoms with van der Waals surface area (Å²) >= 11 is 0. The van der Waals surface area contributed by atoms with Crippen molar-refractivity contribution < 1.29 is 0 Å². The standard InChI is InChI=1S/C14H14N2/c15-13-12(10-4-2-1-3-5-10)8-9-16-14(13)11-6-7-11/h1-5,8-9,11H,6-7,15H2. The summed E-state index contributed by atoms with van der Waals surface area (Å²) in [5, 5.41) is 0. The highest BCUT2D eigenvalue weighted by atomic mass is 14.8. The van der Waals surface area contributed by atoms with Crippen LogP contribution < -0.4 is 5.73 Å². The molecule has 2 N–H and O–H groups in total. The Hall–Kier alpha value is -1.83. The number of aromatic nitrogens is 1. The van der Waals surface area contributed by atoms with Gasteiger partial charge in [-0.2, -0.15) is 0 Å². The Labute approximate surface area is 95.1 Å². The molecular formula is C14H14N2. The summed E-state index contributed by atoms with van der Waals surface area (Å²) in [4.78, 5) is 4.40. The van der Waals surface area contributed by atoms with E-state index in [0.29, 0.717) is 5.92 Å². The summed E-state index contributed by atoms with van der Waals surface area (Å²) in [6, 6.07) is 12.3. The van der Waals surface area contributed by atoms with E-state index in [9.17, 15) is 0 Å². The van der Waals surface area contributed by atoms with Crippen LogP contribution in [0.3, 0.4) is 0 Å². The first-order chi connectivity index (χ1) is 7.86. The molecule has 0 spiro atoms. The summed E-state index contributed by atoms with van der Waals surface area (Å²) in [6.07, 6.45) is 4.33. The van der Waals surface area contributed by atoms with Crippen LogP contribution in [0.4, 0.5) is 5.69 Å². The van der Waals surface area contributed by atoms with E-state index in [1.165, 1.54) is 18.4 Å². The summed E-state index contributed by atoms with van der Waals surface area (Å²) in [6.45, 7) is 0. The molecule has 3 rings (SSSR count). The topological polar surface area (TPSA) is 38.9 Å². The molecular weight excluding hydrogens is 196 g/mol. The molecule has 0 unspecified atom stereocenters. The molecule has 0 amide bonds. The van der Waals surface area contributed by atoms with Crippen LogP contribution in [0.1, 0.15) is 24.5 Å². The predicted molar refractivity (Wildman–Crippen MR) is 66.1 cm³/mol. The van der Waals surface area contributed by atoms with Crippen LogP contribution in [-0.4, -0.2) is 4.98 Å². The van der Waals surface area contributed by atoms with E-state index in [0.717, 1.165) is 16.9 Å². The van der Waals surface area contributed by atoms with Crippen molar-refractivity contribution in [2.75, 3.05) is 5.73 Å². The molecule has 1 heterocycles. The number of nitrogen functional groups attached to an aromatic ring is 1. The van der Waals surface area contributed by atoms with Gasteiger partial charge in [-0.25, -0.2) is 0 Å². The largest absolute Gasteiger partial charge is 0.397 e. The number of nitrogens with zero attached hydrogens (tertiary/aromatic N) is 1. The maximum atomic E-state index is 6.19. The minimum absolute atomic E-state index is 0.601. The molecule has 1 fully saturated rings. The predicted octanol–water partition coefficient (Wildman–Crippen LogP) is 3.21. The van der Waals surface area contributed by atoms with E-state index in [1.54, 1.807) is 0 Å². The van der Waals surface area contributed by atoms with Gasteiger partial charge in [0.15, 0.2) is 0 Å². The fourth-order valence-electron chi connectivity index (χ4n) is 2.04. The van der Waals surface area contributed by atoms with Crippen molar-refractivity contribution in [3.05, 3.63) is 48.3 Å². The molecule has 2 nitrogen and oxygen atoms in total. The van der Waals surface area contributed by atoms with Crippen LogP contribution in [0.2, 0.25) is 0 Å². The average molecular weight is 210 g/mol. The van der Waals surface area contributed by atoms with Crippen molar-refractivity contribution in [3.8, 4) is 11.1 Å². The highest BCUT2D eigenvalue weighted by molar-refractivity contribution is 5.77. The quantitative estimate of drug-likeness (QED) is 0.826. The first-order valence-corrected chi connectivity index (χ1v) is 5.66. The number of hydrogen-bond donors (Lipinski definition) is 1. The second kappa shape index (κ2) is 3.63. The Kier molecular flexibility index (Phi) is 2.13. The normalized spacial score (nSPS) is 15.0. The van der Waals surface area contributed by atoms with Crippen LogP contribution >= 0.6 is 0 Å². The molecule has 0 atom stereocenters. The van der Waals surface area contributed by atoms with Crippen molar-refractivity contribution in [1.29, 1.82) is 0 Å². The summed E-state index contributed by atoms with van der Waals surface area (Å²) < 4.78 is 0. The lowest BCUT2D eigenvalue weighted by molar-refractivity contribution is 1.03. The Morgan fingerprint density at radius 3 is 2.50 bits per heavy atom. The zero-order valence-electron chi connectivity index (χ0n) is 9.06. The van der Waals surface area contributed by atoms with Gasteiger partial charge < -0.3 is 5.73 Å². The first kappa shape index (κ1) is 9.40. The highest BCUT2D eigenvalue weighted by Gasteiger charge is 2.27. The smallest absolute Gasteiger partial charge is 0.0669 e. The van der Waals surface area contributed by atoms with Crippen LogP contribution in [0, 0.1) is 0 Å². The van der Waals surface area contributed by atoms with E-state index < -0.39 is 0 Å². The van der Waals surface area contributed by atoms with Gasteiger partial charge in [0.25, 0.3) is 0 Å². The maximum absolute atomic E-state index is 6.19. The van der Waals surface area contributed by atoms with Gasteiger partial charge in [0.05, 0.1) is 11.4 Å². The Morgan fingerprint density at radius 1 is 1.06 bits per heavy atom. The van der Waals surface area contributed by atoms with Crippen LogP contribution in [0.5, 0.6) is 0 Å². The highest BCUT2D eigenvalue weighted by Crippen LogP contribution is 2.43. The zero-order valence-corrected chi connectivity index (χ0v) is 9.06. The lowest BCUT2D eigenvalue weighted by atomic mass is 10.0. The van der Waals surface area contributed by atoms with Crippen LogP contribution in [-0.2, 0) is 0 Å². The maximum Gasteiger partial charge on any atom is 0.0669 e. The second-order valence-corrected chi connectivity index (χ2v) is 4.30. The average Bonchev–Trinajstić information content (AvgIpc) is 3.15. The number of pyridine rings is 1. The molecule has 16 heavy (non-hydrogen) atoms. The van der Waals surface area contributed by atoms with Gasteiger partial charge in [-0.05, 0) is 24.5 Å². The summed E-state index contributed by atoms with van der Waals surface area (Å²) in [5.41, 5.74) is 10.4. The number of benzene rings is 1. The molecule has 2 heteroatoms. The van der Waals surface area contributed by atoms with E-state index >= 15 is 0 Å². The second-order valence-electron chi connectivity index (χ2n) is 4.30. The molecule has 80 valence electrons. The third-order valence-corrected chi connectivity index (χ3v) is 3.07. The number of rotatable bonds is 2. The van der Waals surface area contributed by atoms with Gasteiger partial charge in [0.2, 0.25) is 0 Å². The van der Waals surface area contributed by atoms with Crippen molar-refractivity contribution in [2.24, 2.45) is 0 Å². The Balaban J connectivity index is 2.11. The van der Waals surface area contributed by atoms with E-state index in [1.807, 2.05) is 30.5 Å². The Bertz CT molecular complexity index is 501. The molecule has 1 aliphatic carbocycles. The zero-order chi connectivity index (χ0) is 11.0. The molecule has 0 bridgehead atoms. The molecule has 0 aliphatic heterocycles.